The summed E-state index contributed by atoms with van der Waals surface area (Å²) in [6.45, 7) is 3.75. The van der Waals surface area contributed by atoms with E-state index in [-0.39, 0.29) is 41.0 Å². The van der Waals surface area contributed by atoms with E-state index in [1.165, 1.54) is 22.5 Å². The number of anilines is 2. The first-order valence-electron chi connectivity index (χ1n) is 9.79. The molecule has 0 unspecified atom stereocenters. The van der Waals surface area contributed by atoms with Crippen molar-refractivity contribution in [1.82, 2.24) is 14.8 Å². The molecule has 0 radical (unpaired) electrons. The number of nitrogens with one attached hydrogen (secondary N) is 2. The van der Waals surface area contributed by atoms with Gasteiger partial charge < -0.3 is 11.1 Å². The molecular weight excluding hydrogens is 426 g/mol. The topological polar surface area (TPSA) is 153 Å². The van der Waals surface area contributed by atoms with E-state index in [0.29, 0.717) is 27.6 Å². The first-order valence-corrected chi connectivity index (χ1v) is 10.8. The van der Waals surface area contributed by atoms with Gasteiger partial charge in [-0.2, -0.15) is 10.5 Å². The summed E-state index contributed by atoms with van der Waals surface area (Å²) in [6, 6.07) is 14.5. The molecule has 2 aromatic heterocycles. The van der Waals surface area contributed by atoms with Gasteiger partial charge in [0.1, 0.15) is 28.8 Å². The summed E-state index contributed by atoms with van der Waals surface area (Å²) >= 11 is 1.22. The van der Waals surface area contributed by atoms with Crippen molar-refractivity contribution in [2.24, 2.45) is 0 Å². The van der Waals surface area contributed by atoms with Crippen molar-refractivity contribution in [1.29, 1.82) is 10.5 Å². The molecule has 0 fully saturated rings. The van der Waals surface area contributed by atoms with Gasteiger partial charge >= 0.3 is 0 Å². The Labute approximate surface area is 188 Å². The summed E-state index contributed by atoms with van der Waals surface area (Å²) in [5, 5.41) is 24.9. The van der Waals surface area contributed by atoms with Crippen molar-refractivity contribution >= 4 is 29.3 Å². The van der Waals surface area contributed by atoms with Gasteiger partial charge in [0.2, 0.25) is 5.91 Å². The Balaban J connectivity index is 1.68. The maximum absolute atomic E-state index is 12.3. The third-order valence-corrected chi connectivity index (χ3v) is 5.59. The molecule has 0 bridgehead atoms. The van der Waals surface area contributed by atoms with Crippen molar-refractivity contribution in [2.45, 2.75) is 31.2 Å². The summed E-state index contributed by atoms with van der Waals surface area (Å²) in [4.78, 5) is 28.7. The lowest BCUT2D eigenvalue weighted by Gasteiger charge is -2.15. The number of nitrogens with two attached hydrogens (primary N) is 1. The number of hydrogen-bond acceptors (Lipinski definition) is 7. The molecule has 0 aliphatic carbocycles. The second-order valence-electron chi connectivity index (χ2n) is 7.17. The lowest BCUT2D eigenvalue weighted by atomic mass is 9.94. The van der Waals surface area contributed by atoms with E-state index < -0.39 is 0 Å². The van der Waals surface area contributed by atoms with Crippen LogP contribution in [0.15, 0.2) is 46.2 Å². The molecular formula is C22H21N7O2S. The predicted octanol–water partition coefficient (Wildman–Crippen LogP) is 3.13. The van der Waals surface area contributed by atoms with Crippen molar-refractivity contribution in [2.75, 3.05) is 16.8 Å². The van der Waals surface area contributed by atoms with Crippen molar-refractivity contribution < 1.29 is 4.79 Å². The van der Waals surface area contributed by atoms with E-state index >= 15 is 0 Å². The van der Waals surface area contributed by atoms with Crippen LogP contribution in [0.5, 0.6) is 0 Å². The second-order valence-corrected chi connectivity index (χ2v) is 8.25. The number of aromatic nitrogens is 3. The first-order chi connectivity index (χ1) is 15.3. The molecule has 32 heavy (non-hydrogen) atoms. The van der Waals surface area contributed by atoms with Gasteiger partial charge in [0, 0.05) is 18.2 Å². The molecule has 0 aliphatic heterocycles. The Morgan fingerprint density at radius 2 is 1.94 bits per heavy atom. The summed E-state index contributed by atoms with van der Waals surface area (Å²) in [7, 11) is 0. The van der Waals surface area contributed by atoms with Crippen LogP contribution in [0.4, 0.5) is 11.6 Å². The average molecular weight is 448 g/mol. The van der Waals surface area contributed by atoms with Crippen molar-refractivity contribution in [3.63, 3.8) is 0 Å². The fourth-order valence-electron chi connectivity index (χ4n) is 3.19. The number of carbonyl (C=O) groups excluding carboxylic acids is 1. The lowest BCUT2D eigenvalue weighted by Crippen LogP contribution is -2.14. The van der Waals surface area contributed by atoms with E-state index in [4.69, 9.17) is 5.73 Å². The molecule has 0 atom stereocenters. The minimum absolute atomic E-state index is 0.0713. The molecule has 162 valence electrons. The van der Waals surface area contributed by atoms with Crippen LogP contribution in [0.3, 0.4) is 0 Å². The van der Waals surface area contributed by atoms with Crippen LogP contribution in [0, 0.1) is 22.7 Å². The third kappa shape index (κ3) is 4.82. The Bertz CT molecular complexity index is 1280. The number of hydrogen-bond donors (Lipinski definition) is 3. The predicted molar refractivity (Wildman–Crippen MR) is 123 cm³/mol. The maximum atomic E-state index is 12.3. The smallest absolute Gasteiger partial charge is 0.273 e. The number of nitrogen functional groups attached to an aromatic ring is 1. The normalized spacial score (nSPS) is 10.5. The fourth-order valence-corrected chi connectivity index (χ4v) is 4.13. The molecule has 10 heteroatoms. The number of benzene rings is 1. The summed E-state index contributed by atoms with van der Waals surface area (Å²) in [6.07, 6.45) is 0.118. The standard InChI is InChI=1S/C22H21N7O2S/c1-13(2)20-15(11-23)21(25)27-22(16(20)12-24)32-9-8-18(30)26-17-10-19(31)29(28-17)14-6-4-3-5-7-14/h3-7,10,13,28H,8-9H2,1-2H3,(H2,25,27)(H,26,30). The second kappa shape index (κ2) is 9.86. The number of para-hydroxylation sites is 1. The Morgan fingerprint density at radius 1 is 1.25 bits per heavy atom. The number of nitriles is 2. The zero-order valence-corrected chi connectivity index (χ0v) is 18.4. The minimum Gasteiger partial charge on any atom is -0.383 e. The van der Waals surface area contributed by atoms with Gasteiger partial charge in [-0.1, -0.05) is 32.0 Å². The number of thioether (sulfide) groups is 1. The minimum atomic E-state index is -0.303. The average Bonchev–Trinajstić information content (AvgIpc) is 3.13. The van der Waals surface area contributed by atoms with E-state index in [1.54, 1.807) is 12.1 Å². The van der Waals surface area contributed by atoms with E-state index in [2.05, 4.69) is 21.5 Å². The highest BCUT2D eigenvalue weighted by Gasteiger charge is 2.21. The van der Waals surface area contributed by atoms with Gasteiger partial charge in [-0.3, -0.25) is 14.7 Å². The van der Waals surface area contributed by atoms with Crippen LogP contribution >= 0.6 is 11.8 Å². The summed E-state index contributed by atoms with van der Waals surface area (Å²) in [5.41, 5.74) is 7.37. The molecule has 0 saturated heterocycles. The molecule has 9 nitrogen and oxygen atoms in total. The van der Waals surface area contributed by atoms with Crippen LogP contribution in [0.1, 0.15) is 42.9 Å². The number of carbonyl (C=O) groups is 1. The summed E-state index contributed by atoms with van der Waals surface area (Å²) < 4.78 is 1.33. The van der Waals surface area contributed by atoms with Gasteiger partial charge in [-0.25, -0.2) is 9.67 Å². The monoisotopic (exact) mass is 447 g/mol. The number of aromatic amines is 1. The zero-order chi connectivity index (χ0) is 23.3. The summed E-state index contributed by atoms with van der Waals surface area (Å²) in [5.74, 6) is 0.303. The maximum Gasteiger partial charge on any atom is 0.273 e. The Kier molecular flexibility index (Phi) is 6.98. The molecule has 0 saturated carbocycles. The largest absolute Gasteiger partial charge is 0.383 e. The highest BCUT2D eigenvalue weighted by molar-refractivity contribution is 7.99. The quantitative estimate of drug-likeness (QED) is 0.470. The lowest BCUT2D eigenvalue weighted by molar-refractivity contribution is -0.115. The van der Waals surface area contributed by atoms with E-state index in [1.807, 2.05) is 38.1 Å². The number of amides is 1. The van der Waals surface area contributed by atoms with E-state index in [9.17, 15) is 20.1 Å². The van der Waals surface area contributed by atoms with Crippen LogP contribution < -0.4 is 16.6 Å². The van der Waals surface area contributed by atoms with Crippen molar-refractivity contribution in [3.8, 4) is 17.8 Å². The first kappa shape index (κ1) is 22.7. The van der Waals surface area contributed by atoms with Crippen LogP contribution in [-0.4, -0.2) is 26.4 Å². The van der Waals surface area contributed by atoms with Gasteiger partial charge in [0.25, 0.3) is 5.56 Å². The van der Waals surface area contributed by atoms with Gasteiger partial charge in [-0.05, 0) is 23.6 Å². The van der Waals surface area contributed by atoms with Gasteiger partial charge in [-0.15, -0.1) is 11.8 Å². The van der Waals surface area contributed by atoms with Crippen LogP contribution in [0.25, 0.3) is 5.69 Å². The molecule has 2 heterocycles. The zero-order valence-electron chi connectivity index (χ0n) is 17.5. The van der Waals surface area contributed by atoms with Crippen molar-refractivity contribution in [3.05, 3.63) is 63.4 Å². The molecule has 3 aromatic rings. The van der Waals surface area contributed by atoms with E-state index in [0.717, 1.165) is 0 Å². The fraction of sp³-hybridized carbons (Fsp3) is 0.227. The highest BCUT2D eigenvalue weighted by atomic mass is 32.2. The number of nitrogens with zero attached hydrogens (tertiary/aromatic N) is 4. The molecule has 3 rings (SSSR count). The number of pyridine rings is 1. The number of H-pyrrole nitrogens is 1. The van der Waals surface area contributed by atoms with Crippen LogP contribution in [-0.2, 0) is 4.79 Å². The molecule has 1 amide bonds. The van der Waals surface area contributed by atoms with Gasteiger partial charge in [0.15, 0.2) is 0 Å². The molecule has 0 spiro atoms. The third-order valence-electron chi connectivity index (χ3n) is 4.61. The molecule has 4 N–H and O–H groups in total. The Morgan fingerprint density at radius 3 is 2.56 bits per heavy atom. The SMILES string of the molecule is CC(C)c1c(C#N)c(N)nc(SCCC(=O)Nc2cc(=O)n(-c3ccccc3)[nH]2)c1C#N. The highest BCUT2D eigenvalue weighted by Crippen LogP contribution is 2.33. The van der Waals surface area contributed by atoms with Crippen LogP contribution in [0.2, 0.25) is 0 Å². The number of rotatable bonds is 7. The van der Waals surface area contributed by atoms with Gasteiger partial charge in [0.05, 0.1) is 16.8 Å². The Hall–Kier alpha value is -4.02. The molecule has 1 aromatic carbocycles. The molecule has 0 aliphatic rings.